The molecule has 0 aromatic rings. The van der Waals surface area contributed by atoms with E-state index in [-0.39, 0.29) is 4.75 Å². The highest BCUT2D eigenvalue weighted by molar-refractivity contribution is 8.02. The normalized spacial score (nSPS) is 32.7. The largest absolute Gasteiger partial charge is 0.480 e. The van der Waals surface area contributed by atoms with E-state index in [9.17, 15) is 9.90 Å². The van der Waals surface area contributed by atoms with Gasteiger partial charge < -0.3 is 5.11 Å². The van der Waals surface area contributed by atoms with Gasteiger partial charge in [-0.3, -0.25) is 4.79 Å². The van der Waals surface area contributed by atoms with Crippen LogP contribution in [0.3, 0.4) is 0 Å². The average Bonchev–Trinajstić information content (AvgIpc) is 2.00. The zero-order valence-electron chi connectivity index (χ0n) is 10.2. The molecule has 0 aromatic carbocycles. The van der Waals surface area contributed by atoms with Crippen LogP contribution in [0.4, 0.5) is 0 Å². The van der Waals surface area contributed by atoms with Gasteiger partial charge in [0.1, 0.15) is 4.75 Å². The third-order valence-electron chi connectivity index (χ3n) is 2.85. The van der Waals surface area contributed by atoms with E-state index in [1.165, 1.54) is 6.42 Å². The van der Waals surface area contributed by atoms with Crippen LogP contribution in [0.15, 0.2) is 0 Å². The first kappa shape index (κ1) is 12.9. The first-order chi connectivity index (χ1) is 6.75. The molecule has 88 valence electrons. The molecule has 0 saturated heterocycles. The predicted molar refractivity (Wildman–Crippen MR) is 65.3 cm³/mol. The second-order valence-corrected chi connectivity index (χ2v) is 7.93. The van der Waals surface area contributed by atoms with Crippen molar-refractivity contribution < 1.29 is 9.90 Å². The molecule has 0 heterocycles. The van der Waals surface area contributed by atoms with Crippen molar-refractivity contribution in [3.63, 3.8) is 0 Å². The Labute approximate surface area is 96.8 Å². The van der Waals surface area contributed by atoms with Crippen molar-refractivity contribution in [2.45, 2.75) is 62.9 Å². The van der Waals surface area contributed by atoms with Gasteiger partial charge in [-0.2, -0.15) is 0 Å². The third kappa shape index (κ3) is 3.40. The van der Waals surface area contributed by atoms with Crippen molar-refractivity contribution in [1.29, 1.82) is 0 Å². The summed E-state index contributed by atoms with van der Waals surface area (Å²) in [6, 6.07) is 0. The van der Waals surface area contributed by atoms with Crippen LogP contribution in [-0.2, 0) is 4.79 Å². The van der Waals surface area contributed by atoms with Crippen molar-refractivity contribution >= 4 is 17.7 Å². The van der Waals surface area contributed by atoms with Crippen molar-refractivity contribution in [2.75, 3.05) is 0 Å². The van der Waals surface area contributed by atoms with Gasteiger partial charge in [0.15, 0.2) is 0 Å². The molecule has 0 aliphatic heterocycles. The lowest BCUT2D eigenvalue weighted by Gasteiger charge is -2.39. The van der Waals surface area contributed by atoms with Crippen molar-refractivity contribution in [3.05, 3.63) is 0 Å². The lowest BCUT2D eigenvalue weighted by Crippen LogP contribution is -2.42. The lowest BCUT2D eigenvalue weighted by molar-refractivity contribution is -0.141. The summed E-state index contributed by atoms with van der Waals surface area (Å²) in [5.74, 6) is -0.0707. The number of carboxylic acid groups (broad SMARTS) is 1. The molecule has 1 aliphatic rings. The fraction of sp³-hybridized carbons (Fsp3) is 0.917. The van der Waals surface area contributed by atoms with Crippen LogP contribution in [0.1, 0.15) is 53.4 Å². The summed E-state index contributed by atoms with van der Waals surface area (Å²) in [5, 5.41) is 9.45. The summed E-state index contributed by atoms with van der Waals surface area (Å²) >= 11 is 1.64. The topological polar surface area (TPSA) is 37.3 Å². The highest BCUT2D eigenvalue weighted by atomic mass is 32.2. The molecule has 0 spiro atoms. The van der Waals surface area contributed by atoms with E-state index in [1.54, 1.807) is 11.8 Å². The molecule has 2 unspecified atom stereocenters. The molecule has 2 atom stereocenters. The summed E-state index contributed by atoms with van der Waals surface area (Å²) in [6.45, 7) is 8.46. The van der Waals surface area contributed by atoms with Crippen molar-refractivity contribution in [3.8, 4) is 0 Å². The van der Waals surface area contributed by atoms with Crippen LogP contribution < -0.4 is 0 Å². The number of hydrogen-bond donors (Lipinski definition) is 1. The molecule has 1 aliphatic carbocycles. The van der Waals surface area contributed by atoms with Gasteiger partial charge in [0.05, 0.1) is 0 Å². The standard InChI is InChI=1S/C12H22O2S/c1-9-6-5-7-12(8-9,10(13)14)15-11(2,3)4/h9H,5-8H2,1-4H3,(H,13,14). The summed E-state index contributed by atoms with van der Waals surface area (Å²) in [7, 11) is 0. The summed E-state index contributed by atoms with van der Waals surface area (Å²) in [6.07, 6.45) is 3.88. The maximum atomic E-state index is 11.5. The van der Waals surface area contributed by atoms with Gasteiger partial charge >= 0.3 is 5.97 Å². The Hall–Kier alpha value is -0.180. The zero-order chi connectivity index (χ0) is 11.7. The third-order valence-corrected chi connectivity index (χ3v) is 4.40. The molecule has 2 nitrogen and oxygen atoms in total. The van der Waals surface area contributed by atoms with Gasteiger partial charge in [0.25, 0.3) is 0 Å². The van der Waals surface area contributed by atoms with E-state index in [1.807, 2.05) is 0 Å². The number of rotatable bonds is 2. The Morgan fingerprint density at radius 1 is 1.47 bits per heavy atom. The van der Waals surface area contributed by atoms with E-state index in [4.69, 9.17) is 0 Å². The molecule has 1 fully saturated rings. The highest BCUT2D eigenvalue weighted by Gasteiger charge is 2.45. The van der Waals surface area contributed by atoms with Gasteiger partial charge in [-0.05, 0) is 18.8 Å². The number of thioether (sulfide) groups is 1. The van der Waals surface area contributed by atoms with Gasteiger partial charge in [-0.1, -0.05) is 40.5 Å². The first-order valence-corrected chi connectivity index (χ1v) is 6.50. The van der Waals surface area contributed by atoms with Crippen LogP contribution in [0.25, 0.3) is 0 Å². The fourth-order valence-corrected chi connectivity index (χ4v) is 4.29. The highest BCUT2D eigenvalue weighted by Crippen LogP contribution is 2.47. The molecule has 3 heteroatoms. The Balaban J connectivity index is 2.83. The fourth-order valence-electron chi connectivity index (χ4n) is 2.42. The van der Waals surface area contributed by atoms with Crippen LogP contribution in [-0.4, -0.2) is 20.6 Å². The van der Waals surface area contributed by atoms with Crippen molar-refractivity contribution in [1.82, 2.24) is 0 Å². The van der Waals surface area contributed by atoms with Gasteiger partial charge in [0.2, 0.25) is 0 Å². The molecular formula is C12H22O2S. The second-order valence-electron chi connectivity index (χ2n) is 5.72. The van der Waals surface area contributed by atoms with E-state index in [0.29, 0.717) is 5.92 Å². The van der Waals surface area contributed by atoms with Crippen LogP contribution in [0.2, 0.25) is 0 Å². The van der Waals surface area contributed by atoms with Gasteiger partial charge in [0, 0.05) is 4.75 Å². The Kier molecular flexibility index (Phi) is 3.75. The van der Waals surface area contributed by atoms with E-state index < -0.39 is 10.7 Å². The molecular weight excluding hydrogens is 208 g/mol. The molecule has 15 heavy (non-hydrogen) atoms. The van der Waals surface area contributed by atoms with Crippen molar-refractivity contribution in [2.24, 2.45) is 5.92 Å². The van der Waals surface area contributed by atoms with E-state index >= 15 is 0 Å². The molecule has 0 amide bonds. The minimum absolute atomic E-state index is 0.0233. The maximum Gasteiger partial charge on any atom is 0.319 e. The molecule has 1 N–H and O–H groups in total. The summed E-state index contributed by atoms with van der Waals surface area (Å²) in [4.78, 5) is 11.5. The van der Waals surface area contributed by atoms with Crippen LogP contribution >= 0.6 is 11.8 Å². The number of carboxylic acids is 1. The van der Waals surface area contributed by atoms with Gasteiger partial charge in [-0.15, -0.1) is 11.8 Å². The Morgan fingerprint density at radius 2 is 2.07 bits per heavy atom. The van der Waals surface area contributed by atoms with E-state index in [2.05, 4.69) is 27.7 Å². The smallest absolute Gasteiger partial charge is 0.319 e. The van der Waals surface area contributed by atoms with Gasteiger partial charge in [-0.25, -0.2) is 0 Å². The first-order valence-electron chi connectivity index (χ1n) is 5.69. The summed E-state index contributed by atoms with van der Waals surface area (Å²) in [5.41, 5.74) is 0. The Morgan fingerprint density at radius 3 is 2.47 bits per heavy atom. The number of carbonyl (C=O) groups is 1. The second kappa shape index (κ2) is 4.36. The number of aliphatic carboxylic acids is 1. The quantitative estimate of drug-likeness (QED) is 0.788. The SMILES string of the molecule is CC1CCCC(SC(C)(C)C)(C(=O)O)C1. The van der Waals surface area contributed by atoms with E-state index in [0.717, 1.165) is 19.3 Å². The van der Waals surface area contributed by atoms with Crippen LogP contribution in [0, 0.1) is 5.92 Å². The number of hydrogen-bond acceptors (Lipinski definition) is 2. The average molecular weight is 230 g/mol. The molecule has 0 aromatic heterocycles. The predicted octanol–water partition coefficient (Wildman–Crippen LogP) is 3.55. The molecule has 1 rings (SSSR count). The molecule has 0 radical (unpaired) electrons. The monoisotopic (exact) mass is 230 g/mol. The summed E-state index contributed by atoms with van der Waals surface area (Å²) < 4.78 is -0.509. The van der Waals surface area contributed by atoms with Crippen LogP contribution in [0.5, 0.6) is 0 Å². The minimum atomic E-state index is -0.617. The lowest BCUT2D eigenvalue weighted by atomic mass is 9.82. The molecule has 0 bridgehead atoms. The minimum Gasteiger partial charge on any atom is -0.480 e. The Bertz CT molecular complexity index is 244. The maximum absolute atomic E-state index is 11.5. The molecule has 1 saturated carbocycles. The zero-order valence-corrected chi connectivity index (χ0v) is 11.0.